The summed E-state index contributed by atoms with van der Waals surface area (Å²) in [5.74, 6) is -0.761. The third-order valence-corrected chi connectivity index (χ3v) is 6.76. The van der Waals surface area contributed by atoms with Crippen LogP contribution in [0.4, 0.5) is 10.1 Å². The van der Waals surface area contributed by atoms with E-state index in [-0.39, 0.29) is 10.6 Å². The average molecular weight is 504 g/mol. The second-order valence-corrected chi connectivity index (χ2v) is 9.40. The number of carbonyl (C=O) groups is 1. The van der Waals surface area contributed by atoms with E-state index in [1.165, 1.54) is 48.5 Å². The van der Waals surface area contributed by atoms with Crippen molar-refractivity contribution in [1.82, 2.24) is 5.43 Å². The van der Waals surface area contributed by atoms with Crippen molar-refractivity contribution < 1.29 is 22.3 Å². The molecule has 0 heterocycles. The van der Waals surface area contributed by atoms with E-state index in [1.807, 2.05) is 0 Å². The Kier molecular flexibility index (Phi) is 8.25. The molecule has 0 unspecified atom stereocenters. The normalized spacial score (nSPS) is 11.7. The number of nitrogens with zero attached hydrogens (tertiary/aromatic N) is 2. The van der Waals surface area contributed by atoms with Crippen LogP contribution in [0.25, 0.3) is 0 Å². The molecule has 0 aliphatic heterocycles. The van der Waals surface area contributed by atoms with Crippen LogP contribution in [-0.4, -0.2) is 33.2 Å². The number of hydrogen-bond donors (Lipinski definition) is 1. The SMILES string of the molecule is CCOc1ccccc1N(CC(=O)N/N=C(/C)c1ccc(F)cc1)S(=O)(=O)c1ccc(Cl)cc1. The zero-order valence-corrected chi connectivity index (χ0v) is 20.1. The molecule has 0 aromatic heterocycles. The number of nitrogens with one attached hydrogen (secondary N) is 1. The average Bonchev–Trinajstić information content (AvgIpc) is 2.82. The minimum absolute atomic E-state index is 0.0398. The lowest BCUT2D eigenvalue weighted by Crippen LogP contribution is -2.40. The molecule has 3 rings (SSSR count). The molecular formula is C24H23ClFN3O4S. The number of carbonyl (C=O) groups excluding carboxylic acids is 1. The lowest BCUT2D eigenvalue weighted by Gasteiger charge is -2.25. The van der Waals surface area contributed by atoms with E-state index in [9.17, 15) is 17.6 Å². The van der Waals surface area contributed by atoms with Crippen molar-refractivity contribution in [2.75, 3.05) is 17.5 Å². The number of sulfonamides is 1. The van der Waals surface area contributed by atoms with Gasteiger partial charge in [0.05, 0.1) is 22.9 Å². The fraction of sp³-hybridized carbons (Fsp3) is 0.167. The van der Waals surface area contributed by atoms with E-state index in [4.69, 9.17) is 16.3 Å². The maximum Gasteiger partial charge on any atom is 0.264 e. The largest absolute Gasteiger partial charge is 0.492 e. The van der Waals surface area contributed by atoms with Crippen LogP contribution in [0.5, 0.6) is 5.75 Å². The Morgan fingerprint density at radius 3 is 2.35 bits per heavy atom. The van der Waals surface area contributed by atoms with E-state index in [0.717, 1.165) is 4.31 Å². The number of hydrogen-bond acceptors (Lipinski definition) is 5. The number of halogens is 2. The zero-order chi connectivity index (χ0) is 24.7. The molecule has 7 nitrogen and oxygen atoms in total. The van der Waals surface area contributed by atoms with Crippen molar-refractivity contribution in [2.45, 2.75) is 18.7 Å². The van der Waals surface area contributed by atoms with Crippen molar-refractivity contribution in [3.8, 4) is 5.75 Å². The third-order valence-electron chi connectivity index (χ3n) is 4.73. The van der Waals surface area contributed by atoms with E-state index < -0.39 is 28.3 Å². The standard InChI is InChI=1S/C24H23ClFN3O4S/c1-3-33-23-7-5-4-6-22(23)29(34(31,32)21-14-10-19(25)11-15-21)16-24(30)28-27-17(2)18-8-12-20(26)13-9-18/h4-15H,3,16H2,1-2H3,(H,28,30)/b27-17-. The highest BCUT2D eigenvalue weighted by molar-refractivity contribution is 7.92. The first-order valence-corrected chi connectivity index (χ1v) is 12.1. The van der Waals surface area contributed by atoms with Gasteiger partial charge in [0.2, 0.25) is 0 Å². The number of para-hydroxylation sites is 2. The first-order valence-electron chi connectivity index (χ1n) is 10.3. The number of benzene rings is 3. The van der Waals surface area contributed by atoms with Crippen molar-refractivity contribution in [3.05, 3.63) is 89.2 Å². The second kappa shape index (κ2) is 11.1. The molecule has 0 bridgehead atoms. The first kappa shape index (κ1) is 25.2. The minimum Gasteiger partial charge on any atom is -0.492 e. The molecule has 10 heteroatoms. The van der Waals surface area contributed by atoms with Gasteiger partial charge in [-0.2, -0.15) is 5.10 Å². The molecule has 0 atom stereocenters. The highest BCUT2D eigenvalue weighted by Gasteiger charge is 2.29. The van der Waals surface area contributed by atoms with Crippen molar-refractivity contribution in [1.29, 1.82) is 0 Å². The summed E-state index contributed by atoms with van der Waals surface area (Å²) in [4.78, 5) is 12.7. The monoisotopic (exact) mass is 503 g/mol. The van der Waals surface area contributed by atoms with Gasteiger partial charge in [0.15, 0.2) is 0 Å². The molecule has 0 aliphatic rings. The summed E-state index contributed by atoms with van der Waals surface area (Å²) < 4.78 is 46.7. The number of anilines is 1. The number of hydrazone groups is 1. The molecule has 178 valence electrons. The molecule has 1 N–H and O–H groups in total. The fourth-order valence-electron chi connectivity index (χ4n) is 3.04. The molecule has 34 heavy (non-hydrogen) atoms. The van der Waals surface area contributed by atoms with Crippen LogP contribution >= 0.6 is 11.6 Å². The fourth-order valence-corrected chi connectivity index (χ4v) is 4.60. The number of amides is 1. The predicted molar refractivity (Wildman–Crippen MR) is 130 cm³/mol. The topological polar surface area (TPSA) is 88.1 Å². The molecule has 3 aromatic rings. The Balaban J connectivity index is 1.92. The molecule has 0 saturated carbocycles. The molecular weight excluding hydrogens is 481 g/mol. The van der Waals surface area contributed by atoms with E-state index >= 15 is 0 Å². The van der Waals surface area contributed by atoms with Gasteiger partial charge in [0, 0.05) is 5.02 Å². The van der Waals surface area contributed by atoms with Crippen molar-refractivity contribution >= 4 is 38.9 Å². The molecule has 1 amide bonds. The van der Waals surface area contributed by atoms with Crippen LogP contribution in [-0.2, 0) is 14.8 Å². The summed E-state index contributed by atoms with van der Waals surface area (Å²) in [6.45, 7) is 3.16. The maximum atomic E-state index is 13.5. The van der Waals surface area contributed by atoms with Gasteiger partial charge < -0.3 is 4.74 Å². The molecule has 0 fully saturated rings. The van der Waals surface area contributed by atoms with Gasteiger partial charge in [-0.05, 0) is 67.9 Å². The highest BCUT2D eigenvalue weighted by atomic mass is 35.5. The Bertz CT molecular complexity index is 1280. The summed E-state index contributed by atoms with van der Waals surface area (Å²) in [5, 5.41) is 4.40. The Morgan fingerprint density at radius 1 is 1.06 bits per heavy atom. The summed E-state index contributed by atoms with van der Waals surface area (Å²) in [6.07, 6.45) is 0. The Hall–Kier alpha value is -3.43. The molecule has 0 aliphatic carbocycles. The Labute approximate surface area is 202 Å². The van der Waals surface area contributed by atoms with Gasteiger partial charge in [-0.25, -0.2) is 18.2 Å². The van der Waals surface area contributed by atoms with Crippen LogP contribution in [0.1, 0.15) is 19.4 Å². The third kappa shape index (κ3) is 6.12. The van der Waals surface area contributed by atoms with Crippen LogP contribution < -0.4 is 14.5 Å². The predicted octanol–water partition coefficient (Wildman–Crippen LogP) is 4.61. The minimum atomic E-state index is -4.16. The van der Waals surface area contributed by atoms with E-state index in [1.54, 1.807) is 38.1 Å². The highest BCUT2D eigenvalue weighted by Crippen LogP contribution is 2.32. The van der Waals surface area contributed by atoms with E-state index in [2.05, 4.69) is 10.5 Å². The molecule has 3 aromatic carbocycles. The van der Waals surface area contributed by atoms with E-state index in [0.29, 0.717) is 28.7 Å². The summed E-state index contributed by atoms with van der Waals surface area (Å²) in [6, 6.07) is 17.8. The van der Waals surface area contributed by atoms with Crippen molar-refractivity contribution in [2.24, 2.45) is 5.10 Å². The second-order valence-electron chi connectivity index (χ2n) is 7.11. The lowest BCUT2D eigenvalue weighted by molar-refractivity contribution is -0.119. The van der Waals surface area contributed by atoms with Crippen LogP contribution in [0, 0.1) is 5.82 Å². The number of rotatable bonds is 9. The number of ether oxygens (including phenoxy) is 1. The first-order chi connectivity index (χ1) is 16.2. The summed E-state index contributed by atoms with van der Waals surface area (Å²) >= 11 is 5.91. The van der Waals surface area contributed by atoms with Crippen LogP contribution in [0.3, 0.4) is 0 Å². The van der Waals surface area contributed by atoms with Crippen LogP contribution in [0.2, 0.25) is 5.02 Å². The molecule has 0 spiro atoms. The lowest BCUT2D eigenvalue weighted by atomic mass is 10.1. The van der Waals surface area contributed by atoms with Gasteiger partial charge in [-0.3, -0.25) is 9.10 Å². The molecule has 0 saturated heterocycles. The maximum absolute atomic E-state index is 13.5. The Morgan fingerprint density at radius 2 is 1.71 bits per heavy atom. The smallest absolute Gasteiger partial charge is 0.264 e. The zero-order valence-electron chi connectivity index (χ0n) is 18.5. The van der Waals surface area contributed by atoms with Crippen molar-refractivity contribution in [3.63, 3.8) is 0 Å². The van der Waals surface area contributed by atoms with Gasteiger partial charge in [-0.15, -0.1) is 0 Å². The van der Waals surface area contributed by atoms with Gasteiger partial charge in [0.1, 0.15) is 18.1 Å². The summed E-state index contributed by atoms with van der Waals surface area (Å²) in [7, 11) is -4.16. The van der Waals surface area contributed by atoms with Gasteiger partial charge in [-0.1, -0.05) is 35.9 Å². The van der Waals surface area contributed by atoms with Crippen LogP contribution in [0.15, 0.2) is 82.8 Å². The molecule has 0 radical (unpaired) electrons. The quantitative estimate of drug-likeness (QED) is 0.341. The van der Waals surface area contributed by atoms with Gasteiger partial charge >= 0.3 is 0 Å². The van der Waals surface area contributed by atoms with Gasteiger partial charge in [0.25, 0.3) is 15.9 Å². The summed E-state index contributed by atoms with van der Waals surface area (Å²) in [5.41, 5.74) is 3.60.